The second kappa shape index (κ2) is 8.36. The van der Waals surface area contributed by atoms with Gasteiger partial charge in [-0.15, -0.1) is 0 Å². The van der Waals surface area contributed by atoms with Crippen LogP contribution in [-0.2, 0) is 14.6 Å². The summed E-state index contributed by atoms with van der Waals surface area (Å²) in [6.07, 6.45) is -0.118. The number of halogens is 1. The number of hydrogen-bond donors (Lipinski definition) is 1. The van der Waals surface area contributed by atoms with Crippen LogP contribution in [0.3, 0.4) is 0 Å². The van der Waals surface area contributed by atoms with Gasteiger partial charge in [0, 0.05) is 18.0 Å². The Kier molecular flexibility index (Phi) is 6.45. The first-order valence-corrected chi connectivity index (χ1v) is 9.97. The summed E-state index contributed by atoms with van der Waals surface area (Å²) in [7, 11) is -3.52. The number of hydrogen-bond acceptors (Lipinski definition) is 4. The Morgan fingerprint density at radius 3 is 2.24 bits per heavy atom. The lowest BCUT2D eigenvalue weighted by Gasteiger charge is -2.24. The smallest absolute Gasteiger partial charge is 0.239 e. The molecule has 7 heteroatoms. The standard InChI is InChI=1S/C18H21ClN2O3S/c1-3-21(16-8-4-14(2)5-9-16)20-18(22)12-13-25(23,24)17-10-6-15(19)7-11-17/h4-11H,3,12-13H2,1-2H3,(H,20,22). The van der Waals surface area contributed by atoms with Crippen molar-refractivity contribution in [3.63, 3.8) is 0 Å². The molecule has 2 aromatic carbocycles. The van der Waals surface area contributed by atoms with Crippen molar-refractivity contribution in [1.29, 1.82) is 0 Å². The van der Waals surface area contributed by atoms with E-state index in [0.717, 1.165) is 11.3 Å². The lowest BCUT2D eigenvalue weighted by molar-refractivity contribution is -0.120. The summed E-state index contributed by atoms with van der Waals surface area (Å²) in [5.41, 5.74) is 4.72. The quantitative estimate of drug-likeness (QED) is 0.748. The highest BCUT2D eigenvalue weighted by Gasteiger charge is 2.17. The third-order valence-electron chi connectivity index (χ3n) is 3.69. The minimum absolute atomic E-state index is 0.118. The zero-order chi connectivity index (χ0) is 18.4. The third kappa shape index (κ3) is 5.47. The molecule has 0 radical (unpaired) electrons. The summed E-state index contributed by atoms with van der Waals surface area (Å²) < 4.78 is 24.5. The molecule has 0 saturated carbocycles. The maximum Gasteiger partial charge on any atom is 0.239 e. The van der Waals surface area contributed by atoms with Gasteiger partial charge in [-0.2, -0.15) is 0 Å². The molecular formula is C18H21ClN2O3S. The zero-order valence-electron chi connectivity index (χ0n) is 14.2. The zero-order valence-corrected chi connectivity index (χ0v) is 15.8. The minimum atomic E-state index is -3.52. The predicted molar refractivity (Wildman–Crippen MR) is 100 cm³/mol. The maximum absolute atomic E-state index is 12.3. The fraction of sp³-hybridized carbons (Fsp3) is 0.278. The molecule has 0 saturated heterocycles. The van der Waals surface area contributed by atoms with Gasteiger partial charge in [-0.3, -0.25) is 15.2 Å². The van der Waals surface area contributed by atoms with Crippen molar-refractivity contribution in [2.45, 2.75) is 25.2 Å². The van der Waals surface area contributed by atoms with E-state index < -0.39 is 9.84 Å². The fourth-order valence-electron chi connectivity index (χ4n) is 2.24. The third-order valence-corrected chi connectivity index (χ3v) is 5.68. The van der Waals surface area contributed by atoms with Crippen molar-refractivity contribution in [2.75, 3.05) is 17.3 Å². The van der Waals surface area contributed by atoms with Gasteiger partial charge in [0.2, 0.25) is 5.91 Å². The van der Waals surface area contributed by atoms with Gasteiger partial charge in [-0.25, -0.2) is 8.42 Å². The molecular weight excluding hydrogens is 360 g/mol. The summed E-state index contributed by atoms with van der Waals surface area (Å²) in [4.78, 5) is 12.3. The molecule has 0 fully saturated rings. The number of carbonyl (C=O) groups excluding carboxylic acids is 1. The van der Waals surface area contributed by atoms with Crippen LogP contribution in [0.25, 0.3) is 0 Å². The number of nitrogens with one attached hydrogen (secondary N) is 1. The van der Waals surface area contributed by atoms with Crippen LogP contribution in [-0.4, -0.2) is 26.6 Å². The lowest BCUT2D eigenvalue weighted by Crippen LogP contribution is -2.42. The predicted octanol–water partition coefficient (Wildman–Crippen LogP) is 3.37. The van der Waals surface area contributed by atoms with Crippen molar-refractivity contribution in [1.82, 2.24) is 5.43 Å². The van der Waals surface area contributed by atoms with E-state index in [0.29, 0.717) is 11.6 Å². The molecule has 2 rings (SSSR count). The molecule has 1 amide bonds. The van der Waals surface area contributed by atoms with Crippen molar-refractivity contribution in [2.24, 2.45) is 0 Å². The Hall–Kier alpha value is -2.05. The number of amides is 1. The van der Waals surface area contributed by atoms with Crippen LogP contribution in [0.5, 0.6) is 0 Å². The first kappa shape index (κ1) is 19.3. The Bertz CT molecular complexity index is 818. The van der Waals surface area contributed by atoms with Crippen LogP contribution in [0.1, 0.15) is 18.9 Å². The molecule has 0 unspecified atom stereocenters. The van der Waals surface area contributed by atoms with Crippen LogP contribution in [0.2, 0.25) is 5.02 Å². The van der Waals surface area contributed by atoms with Crippen molar-refractivity contribution < 1.29 is 13.2 Å². The van der Waals surface area contributed by atoms with E-state index in [4.69, 9.17) is 11.6 Å². The Balaban J connectivity index is 1.97. The number of nitrogens with zero attached hydrogens (tertiary/aromatic N) is 1. The minimum Gasteiger partial charge on any atom is -0.286 e. The topological polar surface area (TPSA) is 66.5 Å². The van der Waals surface area contributed by atoms with Gasteiger partial charge < -0.3 is 0 Å². The Labute approximate surface area is 153 Å². The molecule has 2 aromatic rings. The highest BCUT2D eigenvalue weighted by atomic mass is 35.5. The average molecular weight is 381 g/mol. The van der Waals surface area contributed by atoms with E-state index in [2.05, 4.69) is 5.43 Å². The van der Waals surface area contributed by atoms with Crippen molar-refractivity contribution in [3.8, 4) is 0 Å². The van der Waals surface area contributed by atoms with Gasteiger partial charge >= 0.3 is 0 Å². The van der Waals surface area contributed by atoms with Crippen LogP contribution in [0.15, 0.2) is 53.4 Å². The molecule has 0 atom stereocenters. The largest absolute Gasteiger partial charge is 0.286 e. The normalized spacial score (nSPS) is 11.2. The van der Waals surface area contributed by atoms with Gasteiger partial charge in [0.1, 0.15) is 0 Å². The first-order valence-electron chi connectivity index (χ1n) is 7.94. The van der Waals surface area contributed by atoms with Gasteiger partial charge in [0.25, 0.3) is 0 Å². The molecule has 5 nitrogen and oxygen atoms in total. The number of rotatable bonds is 7. The SMILES string of the molecule is CCN(NC(=O)CCS(=O)(=O)c1ccc(Cl)cc1)c1ccc(C)cc1. The number of aryl methyl sites for hydroxylation is 1. The van der Waals surface area contributed by atoms with Crippen molar-refractivity contribution >= 4 is 33.0 Å². The molecule has 0 aliphatic carbocycles. The first-order chi connectivity index (χ1) is 11.8. The van der Waals surface area contributed by atoms with E-state index in [1.807, 2.05) is 38.1 Å². The molecule has 0 bridgehead atoms. The van der Waals surface area contributed by atoms with E-state index in [9.17, 15) is 13.2 Å². The second-order valence-corrected chi connectivity index (χ2v) is 8.18. The molecule has 0 spiro atoms. The molecule has 0 aliphatic heterocycles. The molecule has 134 valence electrons. The van der Waals surface area contributed by atoms with Crippen LogP contribution < -0.4 is 10.4 Å². The number of benzene rings is 2. The highest BCUT2D eigenvalue weighted by molar-refractivity contribution is 7.91. The van der Waals surface area contributed by atoms with Crippen LogP contribution in [0, 0.1) is 6.92 Å². The van der Waals surface area contributed by atoms with Crippen LogP contribution >= 0.6 is 11.6 Å². The van der Waals surface area contributed by atoms with Gasteiger partial charge in [-0.1, -0.05) is 29.3 Å². The van der Waals surface area contributed by atoms with Crippen molar-refractivity contribution in [3.05, 3.63) is 59.1 Å². The van der Waals surface area contributed by atoms with E-state index in [-0.39, 0.29) is 23.0 Å². The number of sulfone groups is 1. The number of anilines is 1. The molecule has 0 heterocycles. The fourth-order valence-corrected chi connectivity index (χ4v) is 3.61. The molecule has 0 aromatic heterocycles. The number of carbonyl (C=O) groups is 1. The number of hydrazine groups is 1. The summed E-state index contributed by atoms with van der Waals surface area (Å²) in [6, 6.07) is 13.6. The van der Waals surface area contributed by atoms with Gasteiger partial charge in [0.15, 0.2) is 9.84 Å². The molecule has 1 N–H and O–H groups in total. The lowest BCUT2D eigenvalue weighted by atomic mass is 10.2. The molecule has 25 heavy (non-hydrogen) atoms. The summed E-state index contributed by atoms with van der Waals surface area (Å²) in [5, 5.41) is 2.16. The van der Waals surface area contributed by atoms with Gasteiger partial charge in [0.05, 0.1) is 16.3 Å². The van der Waals surface area contributed by atoms with E-state index in [1.54, 1.807) is 5.01 Å². The summed E-state index contributed by atoms with van der Waals surface area (Å²) >= 11 is 5.77. The van der Waals surface area contributed by atoms with E-state index in [1.165, 1.54) is 24.3 Å². The van der Waals surface area contributed by atoms with E-state index >= 15 is 0 Å². The Morgan fingerprint density at radius 2 is 1.68 bits per heavy atom. The molecule has 0 aliphatic rings. The average Bonchev–Trinajstić information content (AvgIpc) is 2.59. The monoisotopic (exact) mass is 380 g/mol. The maximum atomic E-state index is 12.3. The highest BCUT2D eigenvalue weighted by Crippen LogP contribution is 2.16. The summed E-state index contributed by atoms with van der Waals surface area (Å²) in [6.45, 7) is 4.46. The van der Waals surface area contributed by atoms with Crippen LogP contribution in [0.4, 0.5) is 5.69 Å². The summed E-state index contributed by atoms with van der Waals surface area (Å²) in [5.74, 6) is -0.605. The van der Waals surface area contributed by atoms with Gasteiger partial charge in [-0.05, 0) is 50.2 Å². The Morgan fingerprint density at radius 1 is 1.08 bits per heavy atom. The second-order valence-electron chi connectivity index (χ2n) is 5.64.